The number of hydrogen-bond acceptors (Lipinski definition) is 2. The molecule has 0 spiro atoms. The lowest BCUT2D eigenvalue weighted by Gasteiger charge is -2.23. The van der Waals surface area contributed by atoms with Crippen LogP contribution in [0.2, 0.25) is 0 Å². The van der Waals surface area contributed by atoms with E-state index >= 15 is 0 Å². The first-order valence-electron chi connectivity index (χ1n) is 6.91. The molecule has 18 heavy (non-hydrogen) atoms. The maximum Gasteiger partial charge on any atom is 0.137 e. The van der Waals surface area contributed by atoms with Crippen molar-refractivity contribution in [1.29, 1.82) is 0 Å². The number of rotatable bonds is 2. The van der Waals surface area contributed by atoms with Gasteiger partial charge >= 0.3 is 0 Å². The molecule has 1 saturated heterocycles. The van der Waals surface area contributed by atoms with Crippen LogP contribution < -0.4 is 10.1 Å². The number of fused-ring (bicyclic) bond motifs is 1. The summed E-state index contributed by atoms with van der Waals surface area (Å²) in [7, 11) is 0. The lowest BCUT2D eigenvalue weighted by molar-refractivity contribution is 0.253. The maximum absolute atomic E-state index is 5.82. The summed E-state index contributed by atoms with van der Waals surface area (Å²) < 4.78 is 6.95. The molecule has 1 aromatic rings. The first-order valence-corrected chi connectivity index (χ1v) is 7.70. The Bertz CT molecular complexity index is 440. The van der Waals surface area contributed by atoms with Gasteiger partial charge in [-0.3, -0.25) is 0 Å². The van der Waals surface area contributed by atoms with E-state index in [4.69, 9.17) is 4.74 Å². The summed E-state index contributed by atoms with van der Waals surface area (Å²) in [5, 5.41) is 3.49. The third-order valence-electron chi connectivity index (χ3n) is 3.93. The minimum atomic E-state index is 0.322. The SMILES string of the molecule is CC1Cc2cc(CC3CCCNC3)cc(Br)c2O1. The molecule has 1 N–H and O–H groups in total. The summed E-state index contributed by atoms with van der Waals surface area (Å²) in [6.07, 6.45) is 5.23. The second-order valence-corrected chi connectivity index (χ2v) is 6.47. The highest BCUT2D eigenvalue weighted by molar-refractivity contribution is 9.10. The van der Waals surface area contributed by atoms with Crippen LogP contribution in [0, 0.1) is 5.92 Å². The van der Waals surface area contributed by atoms with Gasteiger partial charge < -0.3 is 10.1 Å². The zero-order chi connectivity index (χ0) is 12.5. The Hall–Kier alpha value is -0.540. The Balaban J connectivity index is 1.77. The third-order valence-corrected chi connectivity index (χ3v) is 4.52. The number of benzene rings is 1. The average Bonchev–Trinajstić information content (AvgIpc) is 2.72. The Morgan fingerprint density at radius 1 is 1.44 bits per heavy atom. The second kappa shape index (κ2) is 5.22. The smallest absolute Gasteiger partial charge is 0.137 e. The van der Waals surface area contributed by atoms with Gasteiger partial charge in [0.05, 0.1) is 4.47 Å². The van der Waals surface area contributed by atoms with E-state index in [0.717, 1.165) is 22.6 Å². The molecule has 2 nitrogen and oxygen atoms in total. The van der Waals surface area contributed by atoms with E-state index in [1.807, 2.05) is 0 Å². The highest BCUT2D eigenvalue weighted by Crippen LogP contribution is 2.37. The molecular formula is C15H20BrNO. The first kappa shape index (κ1) is 12.5. The fourth-order valence-electron chi connectivity index (χ4n) is 3.10. The van der Waals surface area contributed by atoms with Crippen LogP contribution in [0.3, 0.4) is 0 Å². The number of nitrogens with one attached hydrogen (secondary N) is 1. The number of ether oxygens (including phenoxy) is 1. The number of piperidine rings is 1. The Morgan fingerprint density at radius 3 is 3.11 bits per heavy atom. The van der Waals surface area contributed by atoms with E-state index in [-0.39, 0.29) is 0 Å². The van der Waals surface area contributed by atoms with Crippen molar-refractivity contribution in [2.24, 2.45) is 5.92 Å². The van der Waals surface area contributed by atoms with E-state index < -0.39 is 0 Å². The van der Waals surface area contributed by atoms with Crippen molar-refractivity contribution in [1.82, 2.24) is 5.32 Å². The van der Waals surface area contributed by atoms with Gasteiger partial charge in [0, 0.05) is 6.42 Å². The molecular weight excluding hydrogens is 290 g/mol. The molecule has 3 rings (SSSR count). The van der Waals surface area contributed by atoms with Crippen LogP contribution in [0.25, 0.3) is 0 Å². The van der Waals surface area contributed by atoms with Gasteiger partial charge in [-0.05, 0) is 78.3 Å². The Morgan fingerprint density at radius 2 is 2.33 bits per heavy atom. The van der Waals surface area contributed by atoms with Gasteiger partial charge in [-0.25, -0.2) is 0 Å². The largest absolute Gasteiger partial charge is 0.489 e. The summed E-state index contributed by atoms with van der Waals surface area (Å²) in [6.45, 7) is 4.49. The van der Waals surface area contributed by atoms with Crippen LogP contribution in [0.4, 0.5) is 0 Å². The molecule has 1 aromatic carbocycles. The predicted molar refractivity (Wildman–Crippen MR) is 77.2 cm³/mol. The van der Waals surface area contributed by atoms with E-state index in [0.29, 0.717) is 6.10 Å². The van der Waals surface area contributed by atoms with Crippen molar-refractivity contribution in [2.75, 3.05) is 13.1 Å². The van der Waals surface area contributed by atoms with Crippen LogP contribution >= 0.6 is 15.9 Å². The highest BCUT2D eigenvalue weighted by atomic mass is 79.9. The molecule has 2 aliphatic rings. The predicted octanol–water partition coefficient (Wildman–Crippen LogP) is 3.31. The lowest BCUT2D eigenvalue weighted by atomic mass is 9.91. The fourth-order valence-corrected chi connectivity index (χ4v) is 3.74. The molecule has 2 unspecified atom stereocenters. The van der Waals surface area contributed by atoms with Gasteiger partial charge in [0.25, 0.3) is 0 Å². The van der Waals surface area contributed by atoms with E-state index in [1.165, 1.54) is 43.5 Å². The molecule has 2 atom stereocenters. The van der Waals surface area contributed by atoms with Gasteiger partial charge in [0.2, 0.25) is 0 Å². The summed E-state index contributed by atoms with van der Waals surface area (Å²) >= 11 is 3.65. The molecule has 2 heterocycles. The van der Waals surface area contributed by atoms with Crippen LogP contribution in [-0.4, -0.2) is 19.2 Å². The highest BCUT2D eigenvalue weighted by Gasteiger charge is 2.23. The van der Waals surface area contributed by atoms with Gasteiger partial charge in [0.1, 0.15) is 11.9 Å². The third kappa shape index (κ3) is 2.57. The monoisotopic (exact) mass is 309 g/mol. The summed E-state index contributed by atoms with van der Waals surface area (Å²) in [5.41, 5.74) is 2.82. The zero-order valence-electron chi connectivity index (χ0n) is 10.8. The van der Waals surface area contributed by atoms with E-state index in [2.05, 4.69) is 40.3 Å². The molecule has 0 bridgehead atoms. The molecule has 0 aliphatic carbocycles. The zero-order valence-corrected chi connectivity index (χ0v) is 12.4. The standard InChI is InChI=1S/C15H20BrNO/c1-10-5-13-7-12(8-14(16)15(13)18-10)6-11-3-2-4-17-9-11/h7-8,10-11,17H,2-6,9H2,1H3. The van der Waals surface area contributed by atoms with Crippen molar-refractivity contribution in [3.8, 4) is 5.75 Å². The molecule has 1 fully saturated rings. The Labute approximate surface area is 117 Å². The minimum Gasteiger partial charge on any atom is -0.489 e. The summed E-state index contributed by atoms with van der Waals surface area (Å²) in [4.78, 5) is 0. The van der Waals surface area contributed by atoms with E-state index in [9.17, 15) is 0 Å². The van der Waals surface area contributed by atoms with Gasteiger partial charge in [-0.15, -0.1) is 0 Å². The molecule has 0 radical (unpaired) electrons. The van der Waals surface area contributed by atoms with Crippen molar-refractivity contribution in [2.45, 2.75) is 38.7 Å². The molecule has 0 amide bonds. The van der Waals surface area contributed by atoms with Crippen LogP contribution in [-0.2, 0) is 12.8 Å². The first-order chi connectivity index (χ1) is 8.72. The maximum atomic E-state index is 5.82. The van der Waals surface area contributed by atoms with Gasteiger partial charge in [-0.2, -0.15) is 0 Å². The summed E-state index contributed by atoms with van der Waals surface area (Å²) in [5.74, 6) is 1.86. The van der Waals surface area contributed by atoms with Crippen LogP contribution in [0.1, 0.15) is 30.9 Å². The summed E-state index contributed by atoms with van der Waals surface area (Å²) in [6, 6.07) is 4.59. The minimum absolute atomic E-state index is 0.322. The molecule has 0 saturated carbocycles. The van der Waals surface area contributed by atoms with Gasteiger partial charge in [0.15, 0.2) is 0 Å². The van der Waals surface area contributed by atoms with Crippen molar-refractivity contribution >= 4 is 15.9 Å². The van der Waals surface area contributed by atoms with E-state index in [1.54, 1.807) is 0 Å². The quantitative estimate of drug-likeness (QED) is 0.905. The normalized spacial score (nSPS) is 26.8. The van der Waals surface area contributed by atoms with Crippen molar-refractivity contribution < 1.29 is 4.74 Å². The molecule has 0 aromatic heterocycles. The second-order valence-electron chi connectivity index (χ2n) is 5.61. The average molecular weight is 310 g/mol. The number of halogens is 1. The molecule has 98 valence electrons. The van der Waals surface area contributed by atoms with Crippen molar-refractivity contribution in [3.63, 3.8) is 0 Å². The molecule has 3 heteroatoms. The lowest BCUT2D eigenvalue weighted by Crippen LogP contribution is -2.30. The molecule has 2 aliphatic heterocycles. The van der Waals surface area contributed by atoms with Gasteiger partial charge in [-0.1, -0.05) is 6.07 Å². The topological polar surface area (TPSA) is 21.3 Å². The van der Waals surface area contributed by atoms with Crippen LogP contribution in [0.5, 0.6) is 5.75 Å². The fraction of sp³-hybridized carbons (Fsp3) is 0.600. The van der Waals surface area contributed by atoms with Crippen molar-refractivity contribution in [3.05, 3.63) is 27.7 Å². The van der Waals surface area contributed by atoms with Crippen LogP contribution in [0.15, 0.2) is 16.6 Å². The number of hydrogen-bond donors (Lipinski definition) is 1. The Kier molecular flexibility index (Phi) is 3.62.